The van der Waals surface area contributed by atoms with E-state index >= 15 is 0 Å². The fourth-order valence-electron chi connectivity index (χ4n) is 4.52. The summed E-state index contributed by atoms with van der Waals surface area (Å²) in [5, 5.41) is 15.2. The number of phenolic OH excluding ortho intramolecular Hbond substituents is 1. The van der Waals surface area contributed by atoms with Crippen molar-refractivity contribution in [2.24, 2.45) is 5.41 Å². The van der Waals surface area contributed by atoms with Gasteiger partial charge < -0.3 is 14.6 Å². The van der Waals surface area contributed by atoms with Gasteiger partial charge in [-0.3, -0.25) is 0 Å². The lowest BCUT2D eigenvalue weighted by Crippen LogP contribution is -2.35. The van der Waals surface area contributed by atoms with Crippen molar-refractivity contribution >= 4 is 11.0 Å². The molecular formula is C24H29N3O3. The van der Waals surface area contributed by atoms with Gasteiger partial charge in [0.05, 0.1) is 23.9 Å². The molecule has 6 nitrogen and oxygen atoms in total. The summed E-state index contributed by atoms with van der Waals surface area (Å²) < 4.78 is 14.3. The highest BCUT2D eigenvalue weighted by Gasteiger charge is 2.36. The third-order valence-corrected chi connectivity index (χ3v) is 6.82. The molecule has 2 fully saturated rings. The Hall–Kier alpha value is -2.60. The lowest BCUT2D eigenvalue weighted by molar-refractivity contribution is -0.0370. The molecule has 1 atom stereocenters. The lowest BCUT2D eigenvalue weighted by atomic mass is 9.68. The van der Waals surface area contributed by atoms with Crippen LogP contribution in [0.25, 0.3) is 22.3 Å². The summed E-state index contributed by atoms with van der Waals surface area (Å²) in [6.45, 7) is 3.74. The predicted octanol–water partition coefficient (Wildman–Crippen LogP) is 5.46. The molecule has 6 heteroatoms. The summed E-state index contributed by atoms with van der Waals surface area (Å²) in [7, 11) is 0. The van der Waals surface area contributed by atoms with Crippen LogP contribution in [-0.4, -0.2) is 33.1 Å². The zero-order chi connectivity index (χ0) is 20.6. The molecule has 0 bridgehead atoms. The smallest absolute Gasteiger partial charge is 0.164 e. The van der Waals surface area contributed by atoms with Gasteiger partial charge in [0.25, 0.3) is 0 Å². The van der Waals surface area contributed by atoms with Gasteiger partial charge in [0.1, 0.15) is 11.5 Å². The Morgan fingerprint density at radius 1 is 1.20 bits per heavy atom. The third kappa shape index (κ3) is 3.54. The number of aromatic hydroxyl groups is 1. The van der Waals surface area contributed by atoms with E-state index < -0.39 is 0 Å². The maximum Gasteiger partial charge on any atom is 0.164 e. The molecule has 0 spiro atoms. The van der Waals surface area contributed by atoms with Crippen molar-refractivity contribution in [1.82, 2.24) is 14.8 Å². The van der Waals surface area contributed by atoms with Crippen molar-refractivity contribution in [3.05, 3.63) is 36.5 Å². The standard InChI is InChI=1S/C24H29N3O3/c1-2-24(11-5-12-24)16-30-21-14-20(17-7-9-18(28)10-8-17)26-23-19(21)15-25-27(23)22-6-3-4-13-29-22/h7-10,14-15,22,28H,2-6,11-13,16H2,1H3. The minimum absolute atomic E-state index is 0.0831. The summed E-state index contributed by atoms with van der Waals surface area (Å²) in [5.74, 6) is 1.07. The Bertz CT molecular complexity index is 1010. The van der Waals surface area contributed by atoms with Gasteiger partial charge in [-0.1, -0.05) is 13.3 Å². The summed E-state index contributed by atoms with van der Waals surface area (Å²) in [4.78, 5) is 4.93. The van der Waals surface area contributed by atoms with Crippen LogP contribution >= 0.6 is 0 Å². The number of rotatable bonds is 6. The average molecular weight is 408 g/mol. The zero-order valence-electron chi connectivity index (χ0n) is 17.5. The number of benzene rings is 1. The summed E-state index contributed by atoms with van der Waals surface area (Å²) >= 11 is 0. The van der Waals surface area contributed by atoms with E-state index in [1.54, 1.807) is 12.1 Å². The molecule has 3 heterocycles. The van der Waals surface area contributed by atoms with E-state index in [9.17, 15) is 5.11 Å². The van der Waals surface area contributed by atoms with Crippen LogP contribution in [0.4, 0.5) is 0 Å². The maximum absolute atomic E-state index is 9.67. The number of hydrogen-bond donors (Lipinski definition) is 1. The van der Waals surface area contributed by atoms with Crippen molar-refractivity contribution in [2.45, 2.75) is 58.1 Å². The summed E-state index contributed by atoms with van der Waals surface area (Å²) in [6, 6.07) is 9.13. The number of pyridine rings is 1. The van der Waals surface area contributed by atoms with Crippen LogP contribution in [0, 0.1) is 5.41 Å². The molecule has 5 rings (SSSR count). The molecule has 0 radical (unpaired) electrons. The fourth-order valence-corrected chi connectivity index (χ4v) is 4.52. The van der Waals surface area contributed by atoms with Gasteiger partial charge in [0.15, 0.2) is 11.9 Å². The van der Waals surface area contributed by atoms with E-state index in [1.165, 1.54) is 19.3 Å². The second-order valence-electron chi connectivity index (χ2n) is 8.70. The summed E-state index contributed by atoms with van der Waals surface area (Å²) in [6.07, 6.45) is 9.84. The van der Waals surface area contributed by atoms with Crippen LogP contribution < -0.4 is 4.74 Å². The van der Waals surface area contributed by atoms with E-state index in [-0.39, 0.29) is 12.0 Å². The first-order valence-electron chi connectivity index (χ1n) is 11.1. The van der Waals surface area contributed by atoms with Crippen molar-refractivity contribution < 1.29 is 14.6 Å². The monoisotopic (exact) mass is 407 g/mol. The largest absolute Gasteiger partial charge is 0.508 e. The van der Waals surface area contributed by atoms with Crippen LogP contribution in [-0.2, 0) is 4.74 Å². The molecule has 1 saturated carbocycles. The van der Waals surface area contributed by atoms with Gasteiger partial charge in [-0.25, -0.2) is 9.67 Å². The van der Waals surface area contributed by atoms with Crippen LogP contribution in [0.1, 0.15) is 58.1 Å². The highest BCUT2D eigenvalue weighted by Crippen LogP contribution is 2.44. The first kappa shape index (κ1) is 19.4. The molecule has 2 aromatic heterocycles. The first-order valence-corrected chi connectivity index (χ1v) is 11.1. The lowest BCUT2D eigenvalue weighted by Gasteiger charge is -2.40. The predicted molar refractivity (Wildman–Crippen MR) is 116 cm³/mol. The number of fused-ring (bicyclic) bond motifs is 1. The highest BCUT2D eigenvalue weighted by atomic mass is 16.5. The fraction of sp³-hybridized carbons (Fsp3) is 0.500. The van der Waals surface area contributed by atoms with E-state index in [1.807, 2.05) is 29.1 Å². The minimum Gasteiger partial charge on any atom is -0.508 e. The number of hydrogen-bond acceptors (Lipinski definition) is 5. The van der Waals surface area contributed by atoms with E-state index in [0.717, 1.165) is 66.9 Å². The summed E-state index contributed by atoms with van der Waals surface area (Å²) in [5.41, 5.74) is 2.85. The topological polar surface area (TPSA) is 69.4 Å². The molecule has 30 heavy (non-hydrogen) atoms. The number of ether oxygens (including phenoxy) is 2. The highest BCUT2D eigenvalue weighted by molar-refractivity contribution is 5.85. The molecule has 0 amide bonds. The molecule has 3 aromatic rings. The molecule has 1 N–H and O–H groups in total. The van der Waals surface area contributed by atoms with E-state index in [4.69, 9.17) is 14.5 Å². The molecule has 1 saturated heterocycles. The SMILES string of the molecule is CCC1(COc2cc(-c3ccc(O)cc3)nc3c2cnn3C2CCCCO2)CCC1. The third-order valence-electron chi connectivity index (χ3n) is 6.82. The van der Waals surface area contributed by atoms with Crippen LogP contribution in [0.2, 0.25) is 0 Å². The molecule has 1 aliphatic carbocycles. The normalized spacial score (nSPS) is 20.8. The Morgan fingerprint density at radius 2 is 2.03 bits per heavy atom. The van der Waals surface area contributed by atoms with Gasteiger partial charge >= 0.3 is 0 Å². The second kappa shape index (κ2) is 7.91. The van der Waals surface area contributed by atoms with E-state index in [0.29, 0.717) is 5.41 Å². The number of aromatic nitrogens is 3. The van der Waals surface area contributed by atoms with Crippen molar-refractivity contribution in [3.8, 4) is 22.8 Å². The Labute approximate surface area is 176 Å². The van der Waals surface area contributed by atoms with E-state index in [2.05, 4.69) is 12.0 Å². The minimum atomic E-state index is -0.0831. The Morgan fingerprint density at radius 3 is 2.70 bits per heavy atom. The first-order chi connectivity index (χ1) is 14.7. The van der Waals surface area contributed by atoms with Gasteiger partial charge in [-0.2, -0.15) is 5.10 Å². The molecule has 158 valence electrons. The van der Waals surface area contributed by atoms with Gasteiger partial charge in [-0.05, 0) is 62.8 Å². The molecule has 1 unspecified atom stereocenters. The van der Waals surface area contributed by atoms with Crippen LogP contribution in [0.15, 0.2) is 36.5 Å². The van der Waals surface area contributed by atoms with Gasteiger partial charge in [-0.15, -0.1) is 0 Å². The van der Waals surface area contributed by atoms with Crippen molar-refractivity contribution in [1.29, 1.82) is 0 Å². The van der Waals surface area contributed by atoms with Gasteiger partial charge in [0.2, 0.25) is 0 Å². The number of nitrogens with zero attached hydrogens (tertiary/aromatic N) is 3. The second-order valence-corrected chi connectivity index (χ2v) is 8.70. The van der Waals surface area contributed by atoms with Crippen molar-refractivity contribution in [3.63, 3.8) is 0 Å². The maximum atomic E-state index is 9.67. The van der Waals surface area contributed by atoms with Crippen LogP contribution in [0.3, 0.4) is 0 Å². The zero-order valence-corrected chi connectivity index (χ0v) is 17.5. The molecule has 1 aliphatic heterocycles. The number of phenols is 1. The Kier molecular flexibility index (Phi) is 5.11. The molecular weight excluding hydrogens is 378 g/mol. The van der Waals surface area contributed by atoms with Crippen molar-refractivity contribution in [2.75, 3.05) is 13.2 Å². The quantitative estimate of drug-likeness (QED) is 0.587. The van der Waals surface area contributed by atoms with Crippen LogP contribution in [0.5, 0.6) is 11.5 Å². The molecule has 2 aliphatic rings. The average Bonchev–Trinajstić information content (AvgIpc) is 3.18. The Balaban J connectivity index is 1.56. The van der Waals surface area contributed by atoms with Gasteiger partial charge in [0, 0.05) is 23.7 Å². The molecule has 1 aromatic carbocycles.